The van der Waals surface area contributed by atoms with E-state index in [1.54, 1.807) is 24.0 Å². The molecule has 30 heavy (non-hydrogen) atoms. The number of nitrogens with one attached hydrogen (secondary N) is 1. The van der Waals surface area contributed by atoms with Gasteiger partial charge in [-0.05, 0) is 18.4 Å². The molecule has 0 unspecified atom stereocenters. The summed E-state index contributed by atoms with van der Waals surface area (Å²) in [6, 6.07) is 10.6. The number of carbonyl (C=O) groups excluding carboxylic acids is 1. The van der Waals surface area contributed by atoms with E-state index in [2.05, 4.69) is 51.7 Å². The topological polar surface area (TPSA) is 75.9 Å². The molecule has 0 aliphatic carbocycles. The van der Waals surface area contributed by atoms with Crippen molar-refractivity contribution < 1.29 is 4.79 Å². The lowest BCUT2D eigenvalue weighted by Gasteiger charge is -2.41. The van der Waals surface area contributed by atoms with Gasteiger partial charge in [0.05, 0.1) is 5.69 Å². The molecule has 2 aromatic heterocycles. The van der Waals surface area contributed by atoms with Gasteiger partial charge in [-0.25, -0.2) is 4.98 Å². The van der Waals surface area contributed by atoms with Gasteiger partial charge in [0.1, 0.15) is 12.7 Å². The van der Waals surface area contributed by atoms with Crippen LogP contribution in [0, 0.1) is 0 Å². The Labute approximate surface area is 180 Å². The summed E-state index contributed by atoms with van der Waals surface area (Å²) >= 11 is 1.62. The van der Waals surface area contributed by atoms with Crippen LogP contribution < -0.4 is 5.32 Å². The number of piperidine rings is 1. The number of aromatic nitrogens is 4. The highest BCUT2D eigenvalue weighted by molar-refractivity contribution is 7.13. The molecule has 1 aliphatic rings. The van der Waals surface area contributed by atoms with Gasteiger partial charge >= 0.3 is 0 Å². The lowest BCUT2D eigenvalue weighted by atomic mass is 9.70. The lowest BCUT2D eigenvalue weighted by Crippen LogP contribution is -2.46. The highest BCUT2D eigenvalue weighted by Gasteiger charge is 2.40. The molecule has 0 bridgehead atoms. The normalized spacial score (nSPS) is 15.7. The Morgan fingerprint density at radius 2 is 1.93 bits per heavy atom. The molecule has 3 heterocycles. The second kappa shape index (κ2) is 9.21. The lowest BCUT2D eigenvalue weighted by molar-refractivity contribution is -0.132. The van der Waals surface area contributed by atoms with E-state index >= 15 is 0 Å². The average Bonchev–Trinajstić information content (AvgIpc) is 3.49. The molecule has 8 heteroatoms. The van der Waals surface area contributed by atoms with Gasteiger partial charge in [-0.2, -0.15) is 0 Å². The Kier molecular flexibility index (Phi) is 6.23. The minimum Gasteiger partial charge on any atom is -0.358 e. The number of aryl methyl sites for hydroxylation is 1. The zero-order chi connectivity index (χ0) is 20.8. The summed E-state index contributed by atoms with van der Waals surface area (Å²) in [6.07, 6.45) is 7.30. The number of hydrogen-bond acceptors (Lipinski definition) is 6. The Morgan fingerprint density at radius 1 is 1.20 bits per heavy atom. The Hall–Kier alpha value is -3.00. The van der Waals surface area contributed by atoms with Crippen molar-refractivity contribution in [3.05, 3.63) is 72.3 Å². The Bertz CT molecular complexity index is 961. The number of hydrogen-bond donors (Lipinski definition) is 1. The molecular formula is C22H26N6OS. The summed E-state index contributed by atoms with van der Waals surface area (Å²) < 4.78 is 1.84. The first-order valence-electron chi connectivity index (χ1n) is 10.2. The standard InChI is InChI=1S/C22H26N6OS/c1-2-11-23-21-26-19(15-30-21)22(18-6-4-3-5-7-18)9-13-28(14-10-22)20(29)8-12-27-16-24-25-17-27/h2-7,15-17H,1,8-14H2,(H,23,26). The fourth-order valence-electron chi connectivity index (χ4n) is 4.04. The summed E-state index contributed by atoms with van der Waals surface area (Å²) in [5, 5.41) is 13.9. The first kappa shape index (κ1) is 20.3. The van der Waals surface area contributed by atoms with Gasteiger partial charge in [-0.15, -0.1) is 28.1 Å². The van der Waals surface area contributed by atoms with Gasteiger partial charge in [0, 0.05) is 43.4 Å². The third kappa shape index (κ3) is 4.28. The van der Waals surface area contributed by atoms with E-state index < -0.39 is 0 Å². The van der Waals surface area contributed by atoms with E-state index in [0.29, 0.717) is 19.5 Å². The predicted octanol–water partition coefficient (Wildman–Crippen LogP) is 3.33. The van der Waals surface area contributed by atoms with E-state index in [4.69, 9.17) is 4.98 Å². The van der Waals surface area contributed by atoms with Crippen molar-refractivity contribution >= 4 is 22.4 Å². The van der Waals surface area contributed by atoms with Crippen molar-refractivity contribution in [2.24, 2.45) is 0 Å². The summed E-state index contributed by atoms with van der Waals surface area (Å²) in [6.45, 7) is 6.51. The molecule has 4 rings (SSSR count). The number of anilines is 1. The molecule has 1 N–H and O–H groups in total. The number of amides is 1. The van der Waals surface area contributed by atoms with Crippen LogP contribution in [0.2, 0.25) is 0 Å². The summed E-state index contributed by atoms with van der Waals surface area (Å²) in [7, 11) is 0. The zero-order valence-corrected chi connectivity index (χ0v) is 17.7. The fourth-order valence-corrected chi connectivity index (χ4v) is 4.86. The highest BCUT2D eigenvalue weighted by Crippen LogP contribution is 2.42. The molecule has 156 valence electrons. The fraction of sp³-hybridized carbons (Fsp3) is 0.364. The molecule has 1 saturated heterocycles. The number of likely N-dealkylation sites (tertiary alicyclic amines) is 1. The molecule has 1 aromatic carbocycles. The van der Waals surface area contributed by atoms with Crippen LogP contribution in [0.15, 0.2) is 61.0 Å². The minimum absolute atomic E-state index is 0.170. The number of benzene rings is 1. The second-order valence-corrected chi connectivity index (χ2v) is 8.34. The molecule has 3 aromatic rings. The van der Waals surface area contributed by atoms with Crippen LogP contribution in [-0.2, 0) is 16.8 Å². The largest absolute Gasteiger partial charge is 0.358 e. The molecule has 0 saturated carbocycles. The molecule has 1 fully saturated rings. The molecule has 7 nitrogen and oxygen atoms in total. The molecule has 0 atom stereocenters. The van der Waals surface area contributed by atoms with Crippen molar-refractivity contribution in [2.45, 2.75) is 31.2 Å². The van der Waals surface area contributed by atoms with Gasteiger partial charge in [-0.3, -0.25) is 4.79 Å². The maximum Gasteiger partial charge on any atom is 0.224 e. The molecule has 1 amide bonds. The van der Waals surface area contributed by atoms with E-state index in [0.717, 1.165) is 36.8 Å². The van der Waals surface area contributed by atoms with Gasteiger partial charge in [0.15, 0.2) is 5.13 Å². The van der Waals surface area contributed by atoms with Crippen LogP contribution in [0.25, 0.3) is 0 Å². The van der Waals surface area contributed by atoms with E-state index in [1.807, 2.05) is 21.6 Å². The number of carbonyl (C=O) groups is 1. The maximum absolute atomic E-state index is 12.7. The predicted molar refractivity (Wildman–Crippen MR) is 118 cm³/mol. The van der Waals surface area contributed by atoms with Crippen LogP contribution in [-0.4, -0.2) is 50.2 Å². The number of rotatable bonds is 8. The molecule has 0 radical (unpaired) electrons. The van der Waals surface area contributed by atoms with Crippen LogP contribution in [0.5, 0.6) is 0 Å². The van der Waals surface area contributed by atoms with Gasteiger partial charge in [-0.1, -0.05) is 36.4 Å². The maximum atomic E-state index is 12.7. The number of thiazole rings is 1. The third-order valence-electron chi connectivity index (χ3n) is 5.74. The average molecular weight is 423 g/mol. The highest BCUT2D eigenvalue weighted by atomic mass is 32.1. The Morgan fingerprint density at radius 3 is 2.63 bits per heavy atom. The van der Waals surface area contributed by atoms with Crippen molar-refractivity contribution in [1.82, 2.24) is 24.6 Å². The van der Waals surface area contributed by atoms with Crippen molar-refractivity contribution in [1.29, 1.82) is 0 Å². The second-order valence-electron chi connectivity index (χ2n) is 7.49. The smallest absolute Gasteiger partial charge is 0.224 e. The summed E-state index contributed by atoms with van der Waals surface area (Å²) in [5.74, 6) is 0.178. The minimum atomic E-state index is -0.170. The van der Waals surface area contributed by atoms with E-state index in [-0.39, 0.29) is 11.3 Å². The first-order valence-corrected chi connectivity index (χ1v) is 11.1. The van der Waals surface area contributed by atoms with Crippen LogP contribution in [0.3, 0.4) is 0 Å². The van der Waals surface area contributed by atoms with E-state index in [1.165, 1.54) is 5.56 Å². The van der Waals surface area contributed by atoms with Crippen LogP contribution >= 0.6 is 11.3 Å². The monoisotopic (exact) mass is 422 g/mol. The van der Waals surface area contributed by atoms with Crippen LogP contribution in [0.4, 0.5) is 5.13 Å². The van der Waals surface area contributed by atoms with Crippen molar-refractivity contribution in [2.75, 3.05) is 25.0 Å². The summed E-state index contributed by atoms with van der Waals surface area (Å²) in [4.78, 5) is 19.6. The number of nitrogens with zero attached hydrogens (tertiary/aromatic N) is 5. The first-order chi connectivity index (χ1) is 14.7. The van der Waals surface area contributed by atoms with E-state index in [9.17, 15) is 4.79 Å². The third-order valence-corrected chi connectivity index (χ3v) is 6.54. The quantitative estimate of drug-likeness (QED) is 0.564. The SMILES string of the molecule is C=CCNc1nc(C2(c3ccccc3)CCN(C(=O)CCn3cnnc3)CC2)cs1. The molecule has 1 aliphatic heterocycles. The van der Waals surface area contributed by atoms with Crippen molar-refractivity contribution in [3.63, 3.8) is 0 Å². The molecular weight excluding hydrogens is 396 g/mol. The van der Waals surface area contributed by atoms with Crippen molar-refractivity contribution in [3.8, 4) is 0 Å². The Balaban J connectivity index is 1.49. The van der Waals surface area contributed by atoms with Gasteiger partial charge < -0.3 is 14.8 Å². The van der Waals surface area contributed by atoms with Crippen LogP contribution in [0.1, 0.15) is 30.5 Å². The molecule has 0 spiro atoms. The van der Waals surface area contributed by atoms with Gasteiger partial charge in [0.2, 0.25) is 5.91 Å². The summed E-state index contributed by atoms with van der Waals surface area (Å²) in [5.41, 5.74) is 2.18. The van der Waals surface area contributed by atoms with Gasteiger partial charge in [0.25, 0.3) is 0 Å². The zero-order valence-electron chi connectivity index (χ0n) is 16.9.